The quantitative estimate of drug-likeness (QED) is 0.647. The van der Waals surface area contributed by atoms with Crippen LogP contribution in [0.2, 0.25) is 0 Å². The first-order valence-electron chi connectivity index (χ1n) is 6.24. The Kier molecular flexibility index (Phi) is 3.76. The fourth-order valence-corrected chi connectivity index (χ4v) is 1.99. The molecule has 0 bridgehead atoms. The summed E-state index contributed by atoms with van der Waals surface area (Å²) in [6.07, 6.45) is -1.38. The van der Waals surface area contributed by atoms with Crippen molar-refractivity contribution >= 4 is 22.7 Å². The average Bonchev–Trinajstić information content (AvgIpc) is 2.70. The SMILES string of the molecule is Cc1[nH]c2ccc(C(=O)NCC(O)C(N)=O)cc2c1C. The van der Waals surface area contributed by atoms with Crippen molar-refractivity contribution in [2.24, 2.45) is 5.73 Å². The zero-order chi connectivity index (χ0) is 14.9. The number of aliphatic hydroxyl groups excluding tert-OH is 1. The van der Waals surface area contributed by atoms with Crippen LogP contribution in [0.5, 0.6) is 0 Å². The third kappa shape index (κ3) is 2.65. The van der Waals surface area contributed by atoms with Crippen LogP contribution in [-0.2, 0) is 4.79 Å². The van der Waals surface area contributed by atoms with E-state index >= 15 is 0 Å². The summed E-state index contributed by atoms with van der Waals surface area (Å²) in [6.45, 7) is 3.75. The minimum atomic E-state index is -1.38. The van der Waals surface area contributed by atoms with E-state index in [2.05, 4.69) is 10.3 Å². The lowest BCUT2D eigenvalue weighted by Gasteiger charge is -2.08. The predicted molar refractivity (Wildman–Crippen MR) is 75.3 cm³/mol. The fourth-order valence-electron chi connectivity index (χ4n) is 1.99. The van der Waals surface area contributed by atoms with Crippen molar-refractivity contribution < 1.29 is 14.7 Å². The summed E-state index contributed by atoms with van der Waals surface area (Å²) in [7, 11) is 0. The molecule has 0 aliphatic carbocycles. The van der Waals surface area contributed by atoms with E-state index in [0.717, 1.165) is 22.2 Å². The minimum absolute atomic E-state index is 0.197. The number of aryl methyl sites for hydroxylation is 2. The van der Waals surface area contributed by atoms with Crippen molar-refractivity contribution in [2.45, 2.75) is 20.0 Å². The van der Waals surface area contributed by atoms with Gasteiger partial charge in [-0.05, 0) is 37.6 Å². The number of hydrogen-bond acceptors (Lipinski definition) is 3. The molecular weight excluding hydrogens is 258 g/mol. The van der Waals surface area contributed by atoms with E-state index in [1.807, 2.05) is 19.9 Å². The second-order valence-corrected chi connectivity index (χ2v) is 4.76. The van der Waals surface area contributed by atoms with E-state index in [4.69, 9.17) is 5.73 Å². The fraction of sp³-hybridized carbons (Fsp3) is 0.286. The molecule has 6 heteroatoms. The maximum Gasteiger partial charge on any atom is 0.251 e. The van der Waals surface area contributed by atoms with E-state index < -0.39 is 12.0 Å². The number of amides is 2. The second kappa shape index (κ2) is 5.34. The van der Waals surface area contributed by atoms with Gasteiger partial charge in [0.1, 0.15) is 6.10 Å². The van der Waals surface area contributed by atoms with Crippen molar-refractivity contribution in [1.29, 1.82) is 0 Å². The number of carbonyl (C=O) groups is 2. The molecule has 1 unspecified atom stereocenters. The molecule has 20 heavy (non-hydrogen) atoms. The molecule has 1 aromatic carbocycles. The van der Waals surface area contributed by atoms with Gasteiger partial charge in [0.05, 0.1) is 6.54 Å². The van der Waals surface area contributed by atoms with Crippen molar-refractivity contribution in [3.05, 3.63) is 35.0 Å². The number of fused-ring (bicyclic) bond motifs is 1. The van der Waals surface area contributed by atoms with Crippen LogP contribution in [0.3, 0.4) is 0 Å². The van der Waals surface area contributed by atoms with Crippen LogP contribution in [0.1, 0.15) is 21.6 Å². The summed E-state index contributed by atoms with van der Waals surface area (Å²) in [5.41, 5.74) is 8.50. The van der Waals surface area contributed by atoms with Crippen molar-refractivity contribution in [2.75, 3.05) is 6.54 Å². The van der Waals surface area contributed by atoms with Crippen molar-refractivity contribution in [1.82, 2.24) is 10.3 Å². The van der Waals surface area contributed by atoms with Gasteiger partial charge in [-0.2, -0.15) is 0 Å². The summed E-state index contributed by atoms with van der Waals surface area (Å²) >= 11 is 0. The largest absolute Gasteiger partial charge is 0.381 e. The number of aromatic amines is 1. The first-order valence-corrected chi connectivity index (χ1v) is 6.24. The Hall–Kier alpha value is -2.34. The van der Waals surface area contributed by atoms with Gasteiger partial charge in [-0.25, -0.2) is 0 Å². The van der Waals surface area contributed by atoms with Gasteiger partial charge in [-0.1, -0.05) is 0 Å². The third-order valence-corrected chi connectivity index (χ3v) is 3.35. The Morgan fingerprint density at radius 2 is 2.10 bits per heavy atom. The lowest BCUT2D eigenvalue weighted by molar-refractivity contribution is -0.125. The maximum absolute atomic E-state index is 11.9. The number of primary amides is 1. The van der Waals surface area contributed by atoms with Gasteiger partial charge in [0, 0.05) is 22.2 Å². The number of H-pyrrole nitrogens is 1. The number of aromatic nitrogens is 1. The normalized spacial score (nSPS) is 12.3. The molecule has 106 valence electrons. The Bertz CT molecular complexity index is 676. The molecule has 0 aliphatic heterocycles. The van der Waals surface area contributed by atoms with Crippen LogP contribution < -0.4 is 11.1 Å². The topological polar surface area (TPSA) is 108 Å². The summed E-state index contributed by atoms with van der Waals surface area (Å²) in [6, 6.07) is 5.29. The van der Waals surface area contributed by atoms with Crippen molar-refractivity contribution in [3.8, 4) is 0 Å². The molecule has 6 nitrogen and oxygen atoms in total. The first-order chi connectivity index (χ1) is 9.40. The molecule has 5 N–H and O–H groups in total. The molecule has 2 rings (SSSR count). The van der Waals surface area contributed by atoms with Gasteiger partial charge in [0.2, 0.25) is 5.91 Å². The van der Waals surface area contributed by atoms with Gasteiger partial charge in [-0.15, -0.1) is 0 Å². The Morgan fingerprint density at radius 3 is 2.75 bits per heavy atom. The van der Waals surface area contributed by atoms with Gasteiger partial charge >= 0.3 is 0 Å². The summed E-state index contributed by atoms with van der Waals surface area (Å²) in [5, 5.41) is 12.7. The predicted octanol–water partition coefficient (Wildman–Crippen LogP) is 0.361. The molecule has 1 atom stereocenters. The monoisotopic (exact) mass is 275 g/mol. The van der Waals surface area contributed by atoms with E-state index in [1.165, 1.54) is 0 Å². The average molecular weight is 275 g/mol. The van der Waals surface area contributed by atoms with E-state index in [0.29, 0.717) is 5.56 Å². The van der Waals surface area contributed by atoms with E-state index in [1.54, 1.807) is 12.1 Å². The lowest BCUT2D eigenvalue weighted by atomic mass is 10.1. The molecule has 2 amide bonds. The number of rotatable bonds is 4. The first kappa shape index (κ1) is 14.1. The molecule has 0 fully saturated rings. The zero-order valence-corrected chi connectivity index (χ0v) is 11.4. The Morgan fingerprint density at radius 1 is 1.40 bits per heavy atom. The van der Waals surface area contributed by atoms with Crippen molar-refractivity contribution in [3.63, 3.8) is 0 Å². The lowest BCUT2D eigenvalue weighted by Crippen LogP contribution is -2.39. The number of nitrogens with one attached hydrogen (secondary N) is 2. The van der Waals surface area contributed by atoms with Crippen LogP contribution in [-0.4, -0.2) is 34.6 Å². The van der Waals surface area contributed by atoms with Gasteiger partial charge in [0.25, 0.3) is 5.91 Å². The highest BCUT2D eigenvalue weighted by Gasteiger charge is 2.14. The smallest absolute Gasteiger partial charge is 0.251 e. The highest BCUT2D eigenvalue weighted by molar-refractivity contribution is 5.99. The van der Waals surface area contributed by atoms with Crippen LogP contribution >= 0.6 is 0 Å². The van der Waals surface area contributed by atoms with Crippen LogP contribution in [0.25, 0.3) is 10.9 Å². The molecule has 1 heterocycles. The standard InChI is InChI=1S/C14H17N3O3/c1-7-8(2)17-11-4-3-9(5-10(7)11)14(20)16-6-12(18)13(15)19/h3-5,12,17-18H,6H2,1-2H3,(H2,15,19)(H,16,20). The number of benzene rings is 1. The van der Waals surface area contributed by atoms with Crippen LogP contribution in [0, 0.1) is 13.8 Å². The van der Waals surface area contributed by atoms with Gasteiger partial charge < -0.3 is 21.1 Å². The molecule has 1 aromatic heterocycles. The number of carbonyl (C=O) groups excluding carboxylic acids is 2. The third-order valence-electron chi connectivity index (χ3n) is 3.35. The number of nitrogens with two attached hydrogens (primary N) is 1. The maximum atomic E-state index is 11.9. The highest BCUT2D eigenvalue weighted by atomic mass is 16.3. The molecule has 0 aliphatic rings. The highest BCUT2D eigenvalue weighted by Crippen LogP contribution is 2.22. The van der Waals surface area contributed by atoms with Gasteiger partial charge in [0.15, 0.2) is 0 Å². The molecular formula is C14H17N3O3. The van der Waals surface area contributed by atoms with Gasteiger partial charge in [-0.3, -0.25) is 9.59 Å². The molecule has 0 saturated heterocycles. The summed E-state index contributed by atoms with van der Waals surface area (Å²) < 4.78 is 0. The molecule has 2 aromatic rings. The van der Waals surface area contributed by atoms with E-state index in [9.17, 15) is 14.7 Å². The summed E-state index contributed by atoms with van der Waals surface area (Å²) in [5.74, 6) is -1.22. The Labute approximate surface area is 116 Å². The van der Waals surface area contributed by atoms with E-state index in [-0.39, 0.29) is 12.5 Å². The second-order valence-electron chi connectivity index (χ2n) is 4.76. The summed E-state index contributed by atoms with van der Waals surface area (Å²) in [4.78, 5) is 25.9. The molecule has 0 radical (unpaired) electrons. The number of hydrogen-bond donors (Lipinski definition) is 4. The zero-order valence-electron chi connectivity index (χ0n) is 11.4. The molecule has 0 spiro atoms. The molecule has 0 saturated carbocycles. The van der Waals surface area contributed by atoms with Crippen LogP contribution in [0.15, 0.2) is 18.2 Å². The minimum Gasteiger partial charge on any atom is -0.381 e. The Balaban J connectivity index is 2.18. The van der Waals surface area contributed by atoms with Crippen LogP contribution in [0.4, 0.5) is 0 Å². The number of aliphatic hydroxyl groups is 1.